The molecule has 0 spiro atoms. The molecule has 0 saturated heterocycles. The third-order valence-corrected chi connectivity index (χ3v) is 3.94. The maximum absolute atomic E-state index is 12.0. The smallest absolute Gasteiger partial charge is 0.338 e. The highest BCUT2D eigenvalue weighted by Crippen LogP contribution is 2.35. The van der Waals surface area contributed by atoms with E-state index in [-0.39, 0.29) is 17.2 Å². The number of allylic oxidation sites excluding steroid dienone is 1. The molecule has 0 bridgehead atoms. The van der Waals surface area contributed by atoms with Gasteiger partial charge in [0.2, 0.25) is 0 Å². The minimum Gasteiger partial charge on any atom is -0.463 e. The number of carbonyl (C=O) groups excluding carboxylic acids is 2. The number of hydrogen-bond acceptors (Lipinski definition) is 6. The fraction of sp³-hybridized carbons (Fsp3) is 0.333. The van der Waals surface area contributed by atoms with Gasteiger partial charge in [-0.25, -0.2) is 9.59 Å². The molecule has 1 aromatic heterocycles. The number of amides is 2. The topological polar surface area (TPSA) is 111 Å². The van der Waals surface area contributed by atoms with Gasteiger partial charge < -0.3 is 15.4 Å². The van der Waals surface area contributed by atoms with E-state index in [9.17, 15) is 19.7 Å². The Morgan fingerprint density at radius 1 is 1.52 bits per heavy atom. The summed E-state index contributed by atoms with van der Waals surface area (Å²) in [6.07, 6.45) is 0. The molecule has 0 aromatic carbocycles. The van der Waals surface area contributed by atoms with Gasteiger partial charge in [0.15, 0.2) is 0 Å². The Labute approximate surface area is 123 Å². The predicted molar refractivity (Wildman–Crippen MR) is 74.7 cm³/mol. The molecule has 1 atom stereocenters. The summed E-state index contributed by atoms with van der Waals surface area (Å²) in [5.74, 6) is -0.566. The van der Waals surface area contributed by atoms with Crippen LogP contribution in [0.2, 0.25) is 0 Å². The molecule has 1 unspecified atom stereocenters. The summed E-state index contributed by atoms with van der Waals surface area (Å²) in [4.78, 5) is 34.4. The molecule has 9 heteroatoms. The van der Waals surface area contributed by atoms with Crippen LogP contribution >= 0.6 is 11.3 Å². The number of esters is 1. The second-order valence-electron chi connectivity index (χ2n) is 4.22. The van der Waals surface area contributed by atoms with E-state index in [1.807, 2.05) is 0 Å². The Hall–Kier alpha value is -2.42. The first-order valence-electron chi connectivity index (χ1n) is 6.13. The van der Waals surface area contributed by atoms with Crippen molar-refractivity contribution < 1.29 is 19.2 Å². The average Bonchev–Trinajstić information content (AvgIpc) is 2.87. The van der Waals surface area contributed by atoms with E-state index in [2.05, 4.69) is 10.6 Å². The highest BCUT2D eigenvalue weighted by atomic mass is 32.1. The number of urea groups is 1. The molecular weight excluding hydrogens is 298 g/mol. The van der Waals surface area contributed by atoms with Crippen LogP contribution in [-0.2, 0) is 9.53 Å². The van der Waals surface area contributed by atoms with Gasteiger partial charge in [0.05, 0.1) is 23.1 Å². The molecule has 8 nitrogen and oxygen atoms in total. The van der Waals surface area contributed by atoms with E-state index in [0.717, 1.165) is 11.3 Å². The second kappa shape index (κ2) is 5.92. The van der Waals surface area contributed by atoms with Gasteiger partial charge in [-0.05, 0) is 19.9 Å². The van der Waals surface area contributed by atoms with Crippen LogP contribution in [0.5, 0.6) is 0 Å². The third kappa shape index (κ3) is 3.02. The maximum atomic E-state index is 12.0. The number of carbonyl (C=O) groups is 2. The summed E-state index contributed by atoms with van der Waals surface area (Å²) in [6.45, 7) is 3.45. The van der Waals surface area contributed by atoms with Gasteiger partial charge in [-0.2, -0.15) is 0 Å². The first-order chi connectivity index (χ1) is 9.93. The lowest BCUT2D eigenvalue weighted by molar-refractivity contribution is -0.380. The van der Waals surface area contributed by atoms with Crippen LogP contribution < -0.4 is 10.6 Å². The van der Waals surface area contributed by atoms with Crippen molar-refractivity contribution in [3.63, 3.8) is 0 Å². The first kappa shape index (κ1) is 15.0. The molecule has 2 heterocycles. The van der Waals surface area contributed by atoms with E-state index in [0.29, 0.717) is 10.6 Å². The van der Waals surface area contributed by atoms with Crippen molar-refractivity contribution in [2.75, 3.05) is 6.61 Å². The number of ether oxygens (including phenoxy) is 1. The Morgan fingerprint density at radius 3 is 2.81 bits per heavy atom. The lowest BCUT2D eigenvalue weighted by Gasteiger charge is -2.26. The van der Waals surface area contributed by atoms with Gasteiger partial charge >= 0.3 is 17.0 Å². The molecule has 2 amide bonds. The van der Waals surface area contributed by atoms with E-state index >= 15 is 0 Å². The zero-order chi connectivity index (χ0) is 15.6. The number of hydrogen-bond donors (Lipinski definition) is 2. The molecule has 2 rings (SSSR count). The molecule has 2 N–H and O–H groups in total. The summed E-state index contributed by atoms with van der Waals surface area (Å²) in [6, 6.07) is 1.64. The lowest BCUT2D eigenvalue weighted by Crippen LogP contribution is -2.45. The van der Waals surface area contributed by atoms with Crippen molar-refractivity contribution in [1.82, 2.24) is 10.6 Å². The summed E-state index contributed by atoms with van der Waals surface area (Å²) in [5.41, 5.74) is 0.617. The molecule has 0 radical (unpaired) electrons. The zero-order valence-corrected chi connectivity index (χ0v) is 12.2. The summed E-state index contributed by atoms with van der Waals surface area (Å²) < 4.78 is 4.98. The Kier molecular flexibility index (Phi) is 4.22. The van der Waals surface area contributed by atoms with E-state index in [1.165, 1.54) is 12.1 Å². The largest absolute Gasteiger partial charge is 0.463 e. The van der Waals surface area contributed by atoms with Crippen LogP contribution in [0, 0.1) is 10.1 Å². The molecule has 21 heavy (non-hydrogen) atoms. The normalized spacial score (nSPS) is 18.0. The van der Waals surface area contributed by atoms with Crippen molar-refractivity contribution in [3.8, 4) is 0 Å². The molecule has 0 fully saturated rings. The predicted octanol–water partition coefficient (Wildman–Crippen LogP) is 1.85. The summed E-state index contributed by atoms with van der Waals surface area (Å²) >= 11 is 0.907. The van der Waals surface area contributed by atoms with Crippen LogP contribution in [0.4, 0.5) is 9.80 Å². The van der Waals surface area contributed by atoms with E-state index < -0.39 is 23.0 Å². The zero-order valence-electron chi connectivity index (χ0n) is 11.3. The van der Waals surface area contributed by atoms with Gasteiger partial charge in [-0.15, -0.1) is 0 Å². The van der Waals surface area contributed by atoms with E-state index in [1.54, 1.807) is 13.8 Å². The maximum Gasteiger partial charge on any atom is 0.338 e. The van der Waals surface area contributed by atoms with Crippen molar-refractivity contribution >= 4 is 28.3 Å². The van der Waals surface area contributed by atoms with Crippen LogP contribution in [0.15, 0.2) is 23.4 Å². The van der Waals surface area contributed by atoms with Gasteiger partial charge in [0.1, 0.15) is 0 Å². The number of nitro groups is 1. The molecule has 1 aromatic rings. The van der Waals surface area contributed by atoms with Crippen LogP contribution in [-0.4, -0.2) is 23.5 Å². The molecule has 112 valence electrons. The summed E-state index contributed by atoms with van der Waals surface area (Å²) in [7, 11) is 0. The van der Waals surface area contributed by atoms with E-state index in [4.69, 9.17) is 4.74 Å². The van der Waals surface area contributed by atoms with Crippen molar-refractivity contribution in [2.45, 2.75) is 19.9 Å². The van der Waals surface area contributed by atoms with Gasteiger partial charge in [-0.1, -0.05) is 11.3 Å². The van der Waals surface area contributed by atoms with Crippen LogP contribution in [0.1, 0.15) is 24.8 Å². The summed E-state index contributed by atoms with van der Waals surface area (Å²) in [5, 5.41) is 15.8. The standard InChI is InChI=1S/C12H13N3O5S/c1-3-20-11(16)9-6(2)13-12(17)14-10(9)7-4-5-8(21-7)15(18)19/h4-5,10H,3H2,1-2H3,(H2,13,14,17). The molecule has 0 saturated carbocycles. The third-order valence-electron chi connectivity index (χ3n) is 2.84. The number of nitrogens with zero attached hydrogens (tertiary/aromatic N) is 1. The number of rotatable bonds is 4. The highest BCUT2D eigenvalue weighted by molar-refractivity contribution is 7.15. The quantitative estimate of drug-likeness (QED) is 0.501. The van der Waals surface area contributed by atoms with Crippen molar-refractivity contribution in [3.05, 3.63) is 38.4 Å². The Balaban J connectivity index is 2.41. The van der Waals surface area contributed by atoms with Crippen LogP contribution in [0.25, 0.3) is 0 Å². The monoisotopic (exact) mass is 311 g/mol. The molecule has 1 aliphatic rings. The van der Waals surface area contributed by atoms with Crippen LogP contribution in [0.3, 0.4) is 0 Å². The van der Waals surface area contributed by atoms with Crippen molar-refractivity contribution in [1.29, 1.82) is 0 Å². The highest BCUT2D eigenvalue weighted by Gasteiger charge is 2.33. The minimum atomic E-state index is -0.753. The SMILES string of the molecule is CCOC(=O)C1=C(C)NC(=O)NC1c1ccc([N+](=O)[O-])s1. The number of nitrogens with one attached hydrogen (secondary N) is 2. The first-order valence-corrected chi connectivity index (χ1v) is 6.95. The fourth-order valence-electron chi connectivity index (χ4n) is 1.98. The van der Waals surface area contributed by atoms with Gasteiger partial charge in [0, 0.05) is 16.6 Å². The van der Waals surface area contributed by atoms with Gasteiger partial charge in [0.25, 0.3) is 0 Å². The molecular formula is C12H13N3O5S. The minimum absolute atomic E-state index is 0.0568. The lowest BCUT2D eigenvalue weighted by atomic mass is 10.0. The molecule has 1 aliphatic heterocycles. The fourth-order valence-corrected chi connectivity index (χ4v) is 2.86. The van der Waals surface area contributed by atoms with Crippen molar-refractivity contribution in [2.24, 2.45) is 0 Å². The molecule has 0 aliphatic carbocycles. The number of thiophene rings is 1. The second-order valence-corrected chi connectivity index (χ2v) is 5.32. The average molecular weight is 311 g/mol. The Bertz CT molecular complexity index is 637. The Morgan fingerprint density at radius 2 is 2.24 bits per heavy atom. The van der Waals surface area contributed by atoms with Gasteiger partial charge in [-0.3, -0.25) is 10.1 Å².